The Kier molecular flexibility index (Phi) is 12.4. The molecule has 0 amide bonds. The highest BCUT2D eigenvalue weighted by molar-refractivity contribution is 9.10. The van der Waals surface area contributed by atoms with E-state index in [1.807, 2.05) is 30.3 Å². The summed E-state index contributed by atoms with van der Waals surface area (Å²) >= 11 is 3.39. The Hall–Kier alpha value is -7.74. The third-order valence-electron chi connectivity index (χ3n) is 14.3. The smallest absolute Gasteiger partial charge is 0.494 e. The van der Waals surface area contributed by atoms with Crippen LogP contribution in [0.25, 0.3) is 98.0 Å². The van der Waals surface area contributed by atoms with Gasteiger partial charge in [-0.3, -0.25) is 0 Å². The first-order valence-electron chi connectivity index (χ1n) is 24.3. The van der Waals surface area contributed by atoms with Crippen LogP contribution >= 0.6 is 15.9 Å². The van der Waals surface area contributed by atoms with Crippen molar-refractivity contribution >= 4 is 93.1 Å². The van der Waals surface area contributed by atoms with Gasteiger partial charge in [0.25, 0.3) is 0 Å². The predicted octanol–water partition coefficient (Wildman–Crippen LogP) is 17.5. The molecule has 12 aromatic rings. The monoisotopic (exact) mass is 998 g/mol. The Bertz CT molecular complexity index is 3950. The Balaban J connectivity index is 0.000000127. The summed E-state index contributed by atoms with van der Waals surface area (Å²) < 4.78 is 13.5. The van der Waals surface area contributed by atoms with E-state index in [2.05, 4.69) is 220 Å². The van der Waals surface area contributed by atoms with Crippen LogP contribution < -0.4 is 5.46 Å². The predicted molar refractivity (Wildman–Crippen MR) is 307 cm³/mol. The molecular weight excluding hydrogens is 947 g/mol. The second kappa shape index (κ2) is 19.1. The maximum atomic E-state index is 9.69. The fourth-order valence-corrected chi connectivity index (χ4v) is 9.91. The number of benzene rings is 12. The van der Waals surface area contributed by atoms with Crippen molar-refractivity contribution in [2.45, 2.75) is 38.9 Å². The van der Waals surface area contributed by atoms with Crippen LogP contribution in [-0.4, -0.2) is 28.5 Å². The van der Waals surface area contributed by atoms with E-state index >= 15 is 0 Å². The molecule has 0 aliphatic carbocycles. The lowest BCUT2D eigenvalue weighted by atomic mass is 9.78. The average molecular weight is 1000 g/mol. The lowest BCUT2D eigenvalue weighted by Gasteiger charge is -2.32. The second-order valence-corrected chi connectivity index (χ2v) is 20.6. The molecule has 1 heterocycles. The maximum absolute atomic E-state index is 9.69. The van der Waals surface area contributed by atoms with Gasteiger partial charge in [-0.1, -0.05) is 174 Å². The molecule has 350 valence electrons. The largest absolute Gasteiger partial charge is 0.508 e. The van der Waals surface area contributed by atoms with Crippen molar-refractivity contribution in [3.63, 3.8) is 0 Å². The summed E-state index contributed by atoms with van der Waals surface area (Å²) in [5.74, 6) is 0.609. The normalized spacial score (nSPS) is 13.8. The lowest BCUT2D eigenvalue weighted by molar-refractivity contribution is 0.00578. The molecule has 1 aliphatic heterocycles. The summed E-state index contributed by atoms with van der Waals surface area (Å²) in [4.78, 5) is 0. The number of hydrogen-bond donors (Lipinski definition) is 2. The molecule has 0 saturated carbocycles. The molecule has 1 fully saturated rings. The third kappa shape index (κ3) is 9.69. The first-order chi connectivity index (χ1) is 34.8. The molecular formula is C66H52BBrO4. The minimum atomic E-state index is -0.329. The first kappa shape index (κ1) is 46.6. The molecule has 0 aromatic heterocycles. The van der Waals surface area contributed by atoms with Crippen LogP contribution in [0.4, 0.5) is 0 Å². The van der Waals surface area contributed by atoms with Crippen molar-refractivity contribution in [1.29, 1.82) is 0 Å². The minimum absolute atomic E-state index is 0.299. The van der Waals surface area contributed by atoms with E-state index in [4.69, 9.17) is 9.31 Å². The zero-order chi connectivity index (χ0) is 49.6. The molecule has 0 unspecified atom stereocenters. The molecule has 72 heavy (non-hydrogen) atoms. The fraction of sp³-hybridized carbons (Fsp3) is 0.0909. The zero-order valence-corrected chi connectivity index (χ0v) is 42.2. The molecule has 1 saturated heterocycles. The summed E-state index contributed by atoms with van der Waals surface area (Å²) in [5.41, 5.74) is 7.72. The SMILES string of the molecule is CC1(C)OB(c2ccc3cc(-c4ccc5ccccc5c4)ccc3c2)OC1(C)C.Oc1ccc2cc(-c3ccc4cc(-c5ccc6ccccc6c5)ccc4c3)ccc2c1.Oc1ccc2cc(Br)ccc2c1. The van der Waals surface area contributed by atoms with Crippen molar-refractivity contribution in [2.75, 3.05) is 0 Å². The van der Waals surface area contributed by atoms with Crippen LogP contribution in [0.15, 0.2) is 235 Å². The molecule has 0 radical (unpaired) electrons. The molecule has 13 rings (SSSR count). The Labute approximate surface area is 429 Å². The summed E-state index contributed by atoms with van der Waals surface area (Å²) in [6.45, 7) is 8.35. The molecule has 0 bridgehead atoms. The number of phenolic OH excluding ortho intramolecular Hbond substituents is 2. The van der Waals surface area contributed by atoms with Gasteiger partial charge in [-0.25, -0.2) is 0 Å². The van der Waals surface area contributed by atoms with Gasteiger partial charge < -0.3 is 19.5 Å². The quantitative estimate of drug-likeness (QED) is 0.173. The molecule has 0 atom stereocenters. The number of aromatic hydroxyl groups is 2. The van der Waals surface area contributed by atoms with Gasteiger partial charge in [-0.15, -0.1) is 0 Å². The van der Waals surface area contributed by atoms with Crippen LogP contribution in [0.1, 0.15) is 27.7 Å². The number of hydrogen-bond acceptors (Lipinski definition) is 4. The van der Waals surface area contributed by atoms with Crippen molar-refractivity contribution < 1.29 is 19.5 Å². The zero-order valence-electron chi connectivity index (χ0n) is 40.6. The van der Waals surface area contributed by atoms with E-state index < -0.39 is 0 Å². The molecule has 12 aromatic carbocycles. The van der Waals surface area contributed by atoms with Crippen molar-refractivity contribution in [3.8, 4) is 44.9 Å². The lowest BCUT2D eigenvalue weighted by Crippen LogP contribution is -2.41. The maximum Gasteiger partial charge on any atom is 0.494 e. The number of phenols is 2. The molecule has 4 nitrogen and oxygen atoms in total. The van der Waals surface area contributed by atoms with Gasteiger partial charge in [0.05, 0.1) is 11.2 Å². The van der Waals surface area contributed by atoms with Crippen molar-refractivity contribution in [2.24, 2.45) is 0 Å². The van der Waals surface area contributed by atoms with Gasteiger partial charge in [0.2, 0.25) is 0 Å². The van der Waals surface area contributed by atoms with E-state index in [0.717, 1.165) is 31.5 Å². The summed E-state index contributed by atoms with van der Waals surface area (Å²) in [7, 11) is -0.329. The van der Waals surface area contributed by atoms with Crippen LogP contribution in [-0.2, 0) is 9.31 Å². The Morgan fingerprint density at radius 2 is 0.583 bits per heavy atom. The van der Waals surface area contributed by atoms with E-state index in [9.17, 15) is 10.2 Å². The highest BCUT2D eigenvalue weighted by atomic mass is 79.9. The van der Waals surface area contributed by atoms with Gasteiger partial charge in [-0.05, 0) is 204 Å². The fourth-order valence-electron chi connectivity index (χ4n) is 9.53. The first-order valence-corrected chi connectivity index (χ1v) is 25.1. The van der Waals surface area contributed by atoms with Crippen LogP contribution in [0.3, 0.4) is 0 Å². The van der Waals surface area contributed by atoms with E-state index in [-0.39, 0.29) is 18.3 Å². The summed E-state index contributed by atoms with van der Waals surface area (Å²) in [5, 5.41) is 33.2. The third-order valence-corrected chi connectivity index (χ3v) is 14.8. The van der Waals surface area contributed by atoms with Crippen LogP contribution in [0.2, 0.25) is 0 Å². The molecule has 0 spiro atoms. The van der Waals surface area contributed by atoms with Gasteiger partial charge in [0.1, 0.15) is 11.5 Å². The molecule has 2 N–H and O–H groups in total. The topological polar surface area (TPSA) is 58.9 Å². The van der Waals surface area contributed by atoms with E-state index in [1.54, 1.807) is 24.3 Å². The number of fused-ring (bicyclic) bond motifs is 6. The van der Waals surface area contributed by atoms with Gasteiger partial charge in [-0.2, -0.15) is 0 Å². The Morgan fingerprint density at radius 3 is 0.986 bits per heavy atom. The van der Waals surface area contributed by atoms with Crippen LogP contribution in [0.5, 0.6) is 11.5 Å². The second-order valence-electron chi connectivity index (χ2n) is 19.7. The van der Waals surface area contributed by atoms with E-state index in [1.165, 1.54) is 76.5 Å². The van der Waals surface area contributed by atoms with Gasteiger partial charge >= 0.3 is 7.12 Å². The molecule has 6 heteroatoms. The summed E-state index contributed by atoms with van der Waals surface area (Å²) in [6.07, 6.45) is 0. The van der Waals surface area contributed by atoms with Crippen molar-refractivity contribution in [1.82, 2.24) is 0 Å². The minimum Gasteiger partial charge on any atom is -0.508 e. The number of halogens is 1. The van der Waals surface area contributed by atoms with Gasteiger partial charge in [0.15, 0.2) is 0 Å². The van der Waals surface area contributed by atoms with Crippen molar-refractivity contribution in [3.05, 3.63) is 235 Å². The van der Waals surface area contributed by atoms with Crippen LogP contribution in [0, 0.1) is 0 Å². The highest BCUT2D eigenvalue weighted by Gasteiger charge is 2.51. The van der Waals surface area contributed by atoms with Gasteiger partial charge in [0, 0.05) is 4.47 Å². The molecule has 1 aliphatic rings. The average Bonchev–Trinajstić information content (AvgIpc) is 3.63. The van der Waals surface area contributed by atoms with E-state index in [0.29, 0.717) is 11.5 Å². The highest BCUT2D eigenvalue weighted by Crippen LogP contribution is 2.37. The summed E-state index contributed by atoms with van der Waals surface area (Å²) in [6, 6.07) is 79.9. The number of rotatable bonds is 4. The standard InChI is InChI=1S/C30H20O.C26H25BO2.C10H7BrO/c31-30-14-13-28-18-27(11-12-29(28)19-30)26-10-9-24-16-23(7-8-25(24)17-26)22-6-5-20-3-1-2-4-21(20)15-22;1-25(2)26(3,4)29-27(28-25)24-14-13-22-16-21(11-12-23(22)17-24)20-10-9-18-7-5-6-8-19(18)15-20;11-9-3-1-8-6-10(12)4-2-7(8)5-9/h1-19,31H;5-17H,1-4H3;1-6,12H. The Morgan fingerprint density at radius 1 is 0.306 bits per heavy atom.